The zero-order valence-electron chi connectivity index (χ0n) is 14.3. The van der Waals surface area contributed by atoms with E-state index >= 15 is 0 Å². The van der Waals surface area contributed by atoms with Crippen LogP contribution in [-0.4, -0.2) is 61.2 Å². The molecule has 0 bridgehead atoms. The maximum absolute atomic E-state index is 3.89. The van der Waals surface area contributed by atoms with Gasteiger partial charge in [-0.25, -0.2) is 0 Å². The Morgan fingerprint density at radius 2 is 1.70 bits per heavy atom. The van der Waals surface area contributed by atoms with E-state index in [0.717, 1.165) is 24.4 Å². The van der Waals surface area contributed by atoms with E-state index in [0.29, 0.717) is 0 Å². The van der Waals surface area contributed by atoms with E-state index in [2.05, 4.69) is 49.9 Å². The van der Waals surface area contributed by atoms with Crippen molar-refractivity contribution in [2.45, 2.75) is 58.5 Å². The minimum atomic E-state index is 0.282. The quantitative estimate of drug-likeness (QED) is 0.854. The Kier molecular flexibility index (Phi) is 5.49. The number of hydrogen-bond donors (Lipinski definition) is 1. The average molecular weight is 281 g/mol. The first-order valence-corrected chi connectivity index (χ1v) is 8.55. The first kappa shape index (κ1) is 16.3. The minimum Gasteiger partial charge on any atom is -0.312 e. The van der Waals surface area contributed by atoms with E-state index in [-0.39, 0.29) is 5.54 Å². The zero-order valence-corrected chi connectivity index (χ0v) is 14.3. The molecule has 3 unspecified atom stereocenters. The summed E-state index contributed by atoms with van der Waals surface area (Å²) in [5.74, 6) is 1.76. The Bertz CT molecular complexity index is 295. The summed E-state index contributed by atoms with van der Waals surface area (Å²) in [5.41, 5.74) is 0.282. The van der Waals surface area contributed by atoms with Gasteiger partial charge in [0, 0.05) is 44.3 Å². The van der Waals surface area contributed by atoms with Crippen molar-refractivity contribution in [2.75, 3.05) is 39.8 Å². The lowest BCUT2D eigenvalue weighted by atomic mass is 9.79. The molecule has 3 atom stereocenters. The van der Waals surface area contributed by atoms with Crippen LogP contribution >= 0.6 is 0 Å². The number of hydrogen-bond acceptors (Lipinski definition) is 3. The molecule has 0 spiro atoms. The van der Waals surface area contributed by atoms with E-state index in [1.165, 1.54) is 45.4 Å². The monoisotopic (exact) mass is 281 g/mol. The molecule has 3 heteroatoms. The van der Waals surface area contributed by atoms with Crippen LogP contribution in [0.15, 0.2) is 0 Å². The van der Waals surface area contributed by atoms with Crippen LogP contribution in [0.1, 0.15) is 47.0 Å². The molecule has 1 N–H and O–H groups in total. The fourth-order valence-corrected chi connectivity index (χ4v) is 3.87. The standard InChI is InChI=1S/C17H35N3/c1-14-6-7-16(15(2)12-14)18-13-17(3,4)20-10-8-19(5)9-11-20/h14-16,18H,6-13H2,1-5H3. The Morgan fingerprint density at radius 1 is 1.05 bits per heavy atom. The highest BCUT2D eigenvalue weighted by Crippen LogP contribution is 2.29. The third kappa shape index (κ3) is 4.19. The van der Waals surface area contributed by atoms with Gasteiger partial charge in [0.2, 0.25) is 0 Å². The molecule has 20 heavy (non-hydrogen) atoms. The molecule has 0 aromatic heterocycles. The van der Waals surface area contributed by atoms with Crippen molar-refractivity contribution in [3.8, 4) is 0 Å². The molecule has 0 radical (unpaired) electrons. The van der Waals surface area contributed by atoms with Gasteiger partial charge >= 0.3 is 0 Å². The van der Waals surface area contributed by atoms with Crippen LogP contribution in [-0.2, 0) is 0 Å². The van der Waals surface area contributed by atoms with E-state index in [4.69, 9.17) is 0 Å². The Hall–Kier alpha value is -0.120. The van der Waals surface area contributed by atoms with Crippen molar-refractivity contribution < 1.29 is 0 Å². The molecule has 0 aromatic rings. The topological polar surface area (TPSA) is 18.5 Å². The third-order valence-corrected chi connectivity index (χ3v) is 5.59. The van der Waals surface area contributed by atoms with Gasteiger partial charge in [0.25, 0.3) is 0 Å². The van der Waals surface area contributed by atoms with E-state index in [9.17, 15) is 0 Å². The van der Waals surface area contributed by atoms with Gasteiger partial charge in [-0.3, -0.25) is 4.90 Å². The van der Waals surface area contributed by atoms with Crippen LogP contribution in [0.5, 0.6) is 0 Å². The summed E-state index contributed by atoms with van der Waals surface area (Å²) in [5, 5.41) is 3.89. The second kappa shape index (κ2) is 6.76. The molecular weight excluding hydrogens is 246 g/mol. The van der Waals surface area contributed by atoms with Gasteiger partial charge in [0.15, 0.2) is 0 Å². The largest absolute Gasteiger partial charge is 0.312 e. The molecule has 3 nitrogen and oxygen atoms in total. The van der Waals surface area contributed by atoms with Crippen molar-refractivity contribution >= 4 is 0 Å². The molecule has 1 saturated carbocycles. The predicted molar refractivity (Wildman–Crippen MR) is 87.1 cm³/mol. The molecule has 1 heterocycles. The van der Waals surface area contributed by atoms with Crippen LogP contribution in [0, 0.1) is 11.8 Å². The lowest BCUT2D eigenvalue weighted by molar-refractivity contribution is 0.0566. The summed E-state index contributed by atoms with van der Waals surface area (Å²) < 4.78 is 0. The lowest BCUT2D eigenvalue weighted by Gasteiger charge is -2.45. The molecule has 1 aliphatic heterocycles. The molecule has 0 aromatic carbocycles. The lowest BCUT2D eigenvalue weighted by Crippen LogP contribution is -2.58. The highest BCUT2D eigenvalue weighted by Gasteiger charge is 2.31. The predicted octanol–water partition coefficient (Wildman–Crippen LogP) is 2.43. The number of rotatable bonds is 4. The molecule has 2 aliphatic rings. The Labute approximate surface area is 126 Å². The zero-order chi connectivity index (χ0) is 14.8. The van der Waals surface area contributed by atoms with Crippen molar-refractivity contribution in [1.82, 2.24) is 15.1 Å². The highest BCUT2D eigenvalue weighted by atomic mass is 15.3. The summed E-state index contributed by atoms with van der Waals surface area (Å²) in [4.78, 5) is 5.10. The minimum absolute atomic E-state index is 0.282. The number of nitrogens with one attached hydrogen (secondary N) is 1. The molecule has 1 saturated heterocycles. The fraction of sp³-hybridized carbons (Fsp3) is 1.00. The number of likely N-dealkylation sites (N-methyl/N-ethyl adjacent to an activating group) is 1. The molecule has 1 aliphatic carbocycles. The molecule has 2 fully saturated rings. The smallest absolute Gasteiger partial charge is 0.0278 e. The van der Waals surface area contributed by atoms with Crippen molar-refractivity contribution in [3.05, 3.63) is 0 Å². The van der Waals surface area contributed by atoms with Crippen LogP contribution in [0.2, 0.25) is 0 Å². The van der Waals surface area contributed by atoms with E-state index in [1.807, 2.05) is 0 Å². The van der Waals surface area contributed by atoms with Gasteiger partial charge in [-0.15, -0.1) is 0 Å². The summed E-state index contributed by atoms with van der Waals surface area (Å²) in [6.45, 7) is 15.6. The van der Waals surface area contributed by atoms with E-state index in [1.54, 1.807) is 0 Å². The van der Waals surface area contributed by atoms with Gasteiger partial charge in [-0.2, -0.15) is 0 Å². The summed E-state index contributed by atoms with van der Waals surface area (Å²) in [6, 6.07) is 0.734. The van der Waals surface area contributed by atoms with Crippen LogP contribution in [0.4, 0.5) is 0 Å². The van der Waals surface area contributed by atoms with Crippen molar-refractivity contribution in [3.63, 3.8) is 0 Å². The fourth-order valence-electron chi connectivity index (χ4n) is 3.87. The van der Waals surface area contributed by atoms with Gasteiger partial charge in [-0.05, 0) is 52.0 Å². The summed E-state index contributed by atoms with van der Waals surface area (Å²) >= 11 is 0. The second-order valence-electron chi connectivity index (χ2n) is 7.99. The van der Waals surface area contributed by atoms with E-state index < -0.39 is 0 Å². The maximum Gasteiger partial charge on any atom is 0.0278 e. The number of nitrogens with zero attached hydrogens (tertiary/aromatic N) is 2. The van der Waals surface area contributed by atoms with Gasteiger partial charge in [-0.1, -0.05) is 13.8 Å². The van der Waals surface area contributed by atoms with Crippen molar-refractivity contribution in [1.29, 1.82) is 0 Å². The third-order valence-electron chi connectivity index (χ3n) is 5.59. The first-order chi connectivity index (χ1) is 9.38. The van der Waals surface area contributed by atoms with Crippen LogP contribution in [0.25, 0.3) is 0 Å². The summed E-state index contributed by atoms with van der Waals surface area (Å²) in [6.07, 6.45) is 4.16. The SMILES string of the molecule is CC1CCC(NCC(C)(C)N2CCN(C)CC2)C(C)C1. The van der Waals surface area contributed by atoms with Crippen LogP contribution in [0.3, 0.4) is 0 Å². The average Bonchev–Trinajstić information content (AvgIpc) is 2.38. The normalized spacial score (nSPS) is 34.4. The van der Waals surface area contributed by atoms with Gasteiger partial charge in [0.05, 0.1) is 0 Å². The molecule has 0 amide bonds. The Balaban J connectivity index is 1.79. The maximum atomic E-state index is 3.89. The van der Waals surface area contributed by atoms with Crippen molar-refractivity contribution in [2.24, 2.45) is 11.8 Å². The molecule has 2 rings (SSSR count). The second-order valence-corrected chi connectivity index (χ2v) is 7.99. The Morgan fingerprint density at radius 3 is 2.30 bits per heavy atom. The highest BCUT2D eigenvalue weighted by molar-refractivity contribution is 4.90. The molecular formula is C17H35N3. The first-order valence-electron chi connectivity index (χ1n) is 8.55. The van der Waals surface area contributed by atoms with Gasteiger partial charge < -0.3 is 10.2 Å². The van der Waals surface area contributed by atoms with Crippen LogP contribution < -0.4 is 5.32 Å². The van der Waals surface area contributed by atoms with Gasteiger partial charge in [0.1, 0.15) is 0 Å². The summed E-state index contributed by atoms with van der Waals surface area (Å²) in [7, 11) is 2.23. The molecule has 118 valence electrons. The number of piperazine rings is 1.